The van der Waals surface area contributed by atoms with E-state index in [0.717, 1.165) is 21.9 Å². The van der Waals surface area contributed by atoms with Gasteiger partial charge in [-0.2, -0.15) is 4.68 Å². The van der Waals surface area contributed by atoms with Crippen molar-refractivity contribution in [3.05, 3.63) is 59.8 Å². The van der Waals surface area contributed by atoms with E-state index in [4.69, 9.17) is 10.5 Å². The minimum Gasteiger partial charge on any atom is -0.497 e. The van der Waals surface area contributed by atoms with E-state index in [-0.39, 0.29) is 17.4 Å². The highest BCUT2D eigenvalue weighted by Gasteiger charge is 2.18. The molecule has 3 N–H and O–H groups in total. The fourth-order valence-electron chi connectivity index (χ4n) is 2.43. The number of anilines is 1. The summed E-state index contributed by atoms with van der Waals surface area (Å²) in [5, 5.41) is 10.8. The summed E-state index contributed by atoms with van der Waals surface area (Å²) in [6.07, 6.45) is 1.99. The maximum absolute atomic E-state index is 12.4. The van der Waals surface area contributed by atoms with Gasteiger partial charge in [0.1, 0.15) is 5.75 Å². The van der Waals surface area contributed by atoms with E-state index in [9.17, 15) is 4.79 Å². The van der Waals surface area contributed by atoms with E-state index in [1.165, 1.54) is 4.68 Å². The maximum atomic E-state index is 12.4. The molecule has 0 radical (unpaired) electrons. The first-order chi connectivity index (χ1) is 12.6. The van der Waals surface area contributed by atoms with Crippen molar-refractivity contribution >= 4 is 23.5 Å². The summed E-state index contributed by atoms with van der Waals surface area (Å²) < 4.78 is 6.64. The Hall–Kier alpha value is -3.00. The van der Waals surface area contributed by atoms with Crippen LogP contribution in [0.3, 0.4) is 0 Å². The molecule has 26 heavy (non-hydrogen) atoms. The van der Waals surface area contributed by atoms with Crippen LogP contribution in [0.1, 0.15) is 16.1 Å². The lowest BCUT2D eigenvalue weighted by atomic mass is 10.2. The first kappa shape index (κ1) is 17.8. The molecule has 0 aliphatic rings. The minimum atomic E-state index is -0.377. The number of nitrogens with one attached hydrogen (secondary N) is 1. The molecule has 1 heterocycles. The van der Waals surface area contributed by atoms with Gasteiger partial charge in [0.2, 0.25) is 0 Å². The molecule has 0 atom stereocenters. The SMILES string of the molecule is COc1cccc(CNC(=O)c2nnn(-c3cccc(SC)c3)c2N)c1. The van der Waals surface area contributed by atoms with Gasteiger partial charge in [0, 0.05) is 11.4 Å². The Labute approximate surface area is 155 Å². The van der Waals surface area contributed by atoms with Crippen LogP contribution < -0.4 is 15.8 Å². The smallest absolute Gasteiger partial charge is 0.275 e. The normalized spacial score (nSPS) is 10.5. The highest BCUT2D eigenvalue weighted by atomic mass is 32.2. The number of ether oxygens (including phenoxy) is 1. The molecule has 1 amide bonds. The van der Waals surface area contributed by atoms with Crippen molar-refractivity contribution < 1.29 is 9.53 Å². The predicted molar refractivity (Wildman–Crippen MR) is 102 cm³/mol. The monoisotopic (exact) mass is 369 g/mol. The van der Waals surface area contributed by atoms with Crippen molar-refractivity contribution in [3.63, 3.8) is 0 Å². The van der Waals surface area contributed by atoms with Crippen LogP contribution in [0.5, 0.6) is 5.75 Å². The number of amides is 1. The van der Waals surface area contributed by atoms with Crippen LogP contribution in [0, 0.1) is 0 Å². The summed E-state index contributed by atoms with van der Waals surface area (Å²) in [7, 11) is 1.60. The first-order valence-corrected chi connectivity index (χ1v) is 9.11. The van der Waals surface area contributed by atoms with Gasteiger partial charge in [-0.15, -0.1) is 16.9 Å². The highest BCUT2D eigenvalue weighted by Crippen LogP contribution is 2.21. The molecule has 0 spiro atoms. The third-order valence-electron chi connectivity index (χ3n) is 3.81. The molecule has 8 heteroatoms. The highest BCUT2D eigenvalue weighted by molar-refractivity contribution is 7.98. The molecule has 134 valence electrons. The van der Waals surface area contributed by atoms with Gasteiger partial charge in [0.05, 0.1) is 12.8 Å². The lowest BCUT2D eigenvalue weighted by Crippen LogP contribution is -2.24. The number of nitrogen functional groups attached to an aromatic ring is 1. The number of thioether (sulfide) groups is 1. The summed E-state index contributed by atoms with van der Waals surface area (Å²) in [6, 6.07) is 15.2. The molecule has 0 bridgehead atoms. The summed E-state index contributed by atoms with van der Waals surface area (Å²) in [5.74, 6) is 0.555. The van der Waals surface area contributed by atoms with E-state index in [0.29, 0.717) is 6.54 Å². The van der Waals surface area contributed by atoms with Crippen molar-refractivity contribution in [3.8, 4) is 11.4 Å². The third kappa shape index (κ3) is 3.80. The third-order valence-corrected chi connectivity index (χ3v) is 4.53. The Morgan fingerprint density at radius 1 is 1.27 bits per heavy atom. The maximum Gasteiger partial charge on any atom is 0.275 e. The average molecular weight is 369 g/mol. The second-order valence-corrected chi connectivity index (χ2v) is 6.35. The predicted octanol–water partition coefficient (Wildman–Crippen LogP) is 2.51. The molecule has 7 nitrogen and oxygen atoms in total. The number of aromatic nitrogens is 3. The zero-order valence-corrected chi connectivity index (χ0v) is 15.3. The van der Waals surface area contributed by atoms with E-state index < -0.39 is 0 Å². The van der Waals surface area contributed by atoms with E-state index in [1.807, 2.05) is 54.8 Å². The topological polar surface area (TPSA) is 95.1 Å². The molecule has 0 saturated heterocycles. The molecule has 0 fully saturated rings. The standard InChI is InChI=1S/C18H19N5O2S/c1-25-14-7-3-5-12(9-14)11-20-18(24)16-17(19)23(22-21-16)13-6-4-8-15(10-13)26-2/h3-10H,11,19H2,1-2H3,(H,20,24). The lowest BCUT2D eigenvalue weighted by Gasteiger charge is -2.07. The Bertz CT molecular complexity index is 925. The van der Waals surface area contributed by atoms with Crippen molar-refractivity contribution in [2.45, 2.75) is 11.4 Å². The van der Waals surface area contributed by atoms with E-state index in [2.05, 4.69) is 15.6 Å². The van der Waals surface area contributed by atoms with Crippen molar-refractivity contribution in [1.29, 1.82) is 0 Å². The number of nitrogens with zero attached hydrogens (tertiary/aromatic N) is 3. The van der Waals surface area contributed by atoms with Crippen LogP contribution in [-0.2, 0) is 6.54 Å². The number of hydrogen-bond donors (Lipinski definition) is 2. The number of methoxy groups -OCH3 is 1. The second kappa shape index (κ2) is 7.92. The number of benzene rings is 2. The molecule has 0 aliphatic carbocycles. The summed E-state index contributed by atoms with van der Waals surface area (Å²) in [6.45, 7) is 0.338. The molecule has 2 aromatic carbocycles. The Morgan fingerprint density at radius 2 is 2.08 bits per heavy atom. The zero-order valence-electron chi connectivity index (χ0n) is 14.5. The largest absolute Gasteiger partial charge is 0.497 e. The second-order valence-electron chi connectivity index (χ2n) is 5.47. The van der Waals surface area contributed by atoms with Crippen LogP contribution in [-0.4, -0.2) is 34.3 Å². The van der Waals surface area contributed by atoms with Crippen LogP contribution in [0.25, 0.3) is 5.69 Å². The fraction of sp³-hybridized carbons (Fsp3) is 0.167. The van der Waals surface area contributed by atoms with Gasteiger partial charge < -0.3 is 15.8 Å². The molecule has 3 rings (SSSR count). The molecular formula is C18H19N5O2S. The van der Waals surface area contributed by atoms with Crippen molar-refractivity contribution in [2.24, 2.45) is 0 Å². The van der Waals surface area contributed by atoms with Gasteiger partial charge in [-0.1, -0.05) is 23.4 Å². The van der Waals surface area contributed by atoms with Crippen LogP contribution in [0.2, 0.25) is 0 Å². The number of carbonyl (C=O) groups is 1. The fourth-order valence-corrected chi connectivity index (χ4v) is 2.89. The van der Waals surface area contributed by atoms with Crippen LogP contribution >= 0.6 is 11.8 Å². The van der Waals surface area contributed by atoms with Gasteiger partial charge in [-0.3, -0.25) is 4.79 Å². The molecule has 1 aromatic heterocycles. The molecule has 0 aliphatic heterocycles. The Morgan fingerprint density at radius 3 is 2.85 bits per heavy atom. The molecule has 0 unspecified atom stereocenters. The number of hydrogen-bond acceptors (Lipinski definition) is 6. The first-order valence-electron chi connectivity index (χ1n) is 7.89. The number of carbonyl (C=O) groups excluding carboxylic acids is 1. The van der Waals surface area contributed by atoms with Crippen molar-refractivity contribution in [1.82, 2.24) is 20.3 Å². The Kier molecular flexibility index (Phi) is 5.43. The van der Waals surface area contributed by atoms with Gasteiger partial charge in [-0.05, 0) is 42.2 Å². The quantitative estimate of drug-likeness (QED) is 0.648. The summed E-state index contributed by atoms with van der Waals surface area (Å²) in [4.78, 5) is 13.5. The van der Waals surface area contributed by atoms with Crippen LogP contribution in [0.15, 0.2) is 53.4 Å². The summed E-state index contributed by atoms with van der Waals surface area (Å²) >= 11 is 1.61. The Balaban J connectivity index is 1.75. The molecule has 3 aromatic rings. The summed E-state index contributed by atoms with van der Waals surface area (Å²) in [5.41, 5.74) is 7.86. The van der Waals surface area contributed by atoms with Gasteiger partial charge >= 0.3 is 0 Å². The zero-order chi connectivity index (χ0) is 18.5. The van der Waals surface area contributed by atoms with E-state index >= 15 is 0 Å². The average Bonchev–Trinajstić information content (AvgIpc) is 3.07. The van der Waals surface area contributed by atoms with Crippen LogP contribution in [0.4, 0.5) is 5.82 Å². The van der Waals surface area contributed by atoms with Crippen molar-refractivity contribution in [2.75, 3.05) is 19.1 Å². The van der Waals surface area contributed by atoms with Gasteiger partial charge in [0.25, 0.3) is 5.91 Å². The number of rotatable bonds is 6. The minimum absolute atomic E-state index is 0.0995. The lowest BCUT2D eigenvalue weighted by molar-refractivity contribution is 0.0946. The van der Waals surface area contributed by atoms with Gasteiger partial charge in [0.15, 0.2) is 11.5 Å². The molecule has 0 saturated carbocycles. The molecular weight excluding hydrogens is 350 g/mol. The van der Waals surface area contributed by atoms with Gasteiger partial charge in [-0.25, -0.2) is 0 Å². The van der Waals surface area contributed by atoms with E-state index in [1.54, 1.807) is 18.9 Å². The number of nitrogens with two attached hydrogens (primary N) is 1.